The molecular formula is C12H9N3O4. The molecule has 0 amide bonds. The SMILES string of the molecule is O=C(On1c(O)ccc1O)c1c[nH]c2ncccc12. The van der Waals surface area contributed by atoms with Gasteiger partial charge in [-0.1, -0.05) is 0 Å². The summed E-state index contributed by atoms with van der Waals surface area (Å²) in [4.78, 5) is 23.8. The van der Waals surface area contributed by atoms with Crippen molar-refractivity contribution in [3.63, 3.8) is 0 Å². The molecule has 0 aliphatic rings. The van der Waals surface area contributed by atoms with Crippen molar-refractivity contribution in [1.82, 2.24) is 14.7 Å². The van der Waals surface area contributed by atoms with E-state index in [-0.39, 0.29) is 17.3 Å². The van der Waals surface area contributed by atoms with Crippen LogP contribution < -0.4 is 4.84 Å². The number of nitrogens with zero attached hydrogens (tertiary/aromatic N) is 2. The third kappa shape index (κ3) is 1.77. The van der Waals surface area contributed by atoms with Gasteiger partial charge in [-0.05, 0) is 12.1 Å². The molecule has 0 aromatic carbocycles. The zero-order chi connectivity index (χ0) is 13.4. The summed E-state index contributed by atoms with van der Waals surface area (Å²) in [6, 6.07) is 5.82. The molecule has 7 nitrogen and oxygen atoms in total. The molecular weight excluding hydrogens is 250 g/mol. The number of rotatable bonds is 2. The molecule has 19 heavy (non-hydrogen) atoms. The second kappa shape index (κ2) is 4.05. The van der Waals surface area contributed by atoms with E-state index in [9.17, 15) is 15.0 Å². The normalized spacial score (nSPS) is 10.7. The summed E-state index contributed by atoms with van der Waals surface area (Å²) in [5, 5.41) is 19.4. The van der Waals surface area contributed by atoms with Crippen LogP contribution in [0.25, 0.3) is 11.0 Å². The minimum Gasteiger partial charge on any atom is -0.492 e. The molecule has 0 aliphatic heterocycles. The van der Waals surface area contributed by atoms with Crippen molar-refractivity contribution < 1.29 is 19.8 Å². The molecule has 0 spiro atoms. The number of nitrogens with one attached hydrogen (secondary N) is 1. The van der Waals surface area contributed by atoms with E-state index in [4.69, 9.17) is 4.84 Å². The van der Waals surface area contributed by atoms with Gasteiger partial charge in [-0.15, -0.1) is 4.73 Å². The van der Waals surface area contributed by atoms with Gasteiger partial charge in [-0.3, -0.25) is 0 Å². The van der Waals surface area contributed by atoms with Crippen molar-refractivity contribution >= 4 is 17.0 Å². The van der Waals surface area contributed by atoms with E-state index in [1.165, 1.54) is 18.3 Å². The van der Waals surface area contributed by atoms with Gasteiger partial charge in [0.1, 0.15) is 5.65 Å². The predicted molar refractivity (Wildman–Crippen MR) is 64.8 cm³/mol. The molecule has 0 bridgehead atoms. The molecule has 0 fully saturated rings. The van der Waals surface area contributed by atoms with Gasteiger partial charge in [0, 0.05) is 29.9 Å². The average Bonchev–Trinajstić information content (AvgIpc) is 2.97. The minimum absolute atomic E-state index is 0.260. The number of carbonyl (C=O) groups is 1. The first-order valence-corrected chi connectivity index (χ1v) is 5.41. The summed E-state index contributed by atoms with van der Waals surface area (Å²) in [5.74, 6) is -1.46. The van der Waals surface area contributed by atoms with Gasteiger partial charge in [-0.25, -0.2) is 9.78 Å². The smallest absolute Gasteiger partial charge is 0.366 e. The number of aromatic nitrogens is 3. The summed E-state index contributed by atoms with van der Waals surface area (Å²) >= 11 is 0. The first-order chi connectivity index (χ1) is 9.16. The molecule has 0 saturated carbocycles. The summed E-state index contributed by atoms with van der Waals surface area (Å²) in [7, 11) is 0. The average molecular weight is 259 g/mol. The second-order valence-electron chi connectivity index (χ2n) is 3.82. The molecule has 96 valence electrons. The molecule has 3 aromatic heterocycles. The highest BCUT2D eigenvalue weighted by atomic mass is 16.7. The number of hydrogen-bond acceptors (Lipinski definition) is 5. The van der Waals surface area contributed by atoms with Crippen LogP contribution in [0.4, 0.5) is 0 Å². The van der Waals surface area contributed by atoms with Crippen molar-refractivity contribution in [2.75, 3.05) is 0 Å². The van der Waals surface area contributed by atoms with Gasteiger partial charge in [0.05, 0.1) is 5.56 Å². The molecule has 3 aromatic rings. The first kappa shape index (κ1) is 11.1. The summed E-state index contributed by atoms with van der Waals surface area (Å²) < 4.78 is 0.636. The molecule has 3 heterocycles. The van der Waals surface area contributed by atoms with Crippen LogP contribution in [-0.2, 0) is 0 Å². The molecule has 7 heteroatoms. The van der Waals surface area contributed by atoms with Crippen LogP contribution in [0.3, 0.4) is 0 Å². The van der Waals surface area contributed by atoms with Crippen LogP contribution in [0.15, 0.2) is 36.7 Å². The number of aromatic hydroxyl groups is 2. The predicted octanol–water partition coefficient (Wildman–Crippen LogP) is 1.04. The number of fused-ring (bicyclic) bond motifs is 1. The minimum atomic E-state index is -0.721. The molecule has 0 unspecified atom stereocenters. The maximum Gasteiger partial charge on any atom is 0.366 e. The zero-order valence-electron chi connectivity index (χ0n) is 9.57. The molecule has 3 N–H and O–H groups in total. The quantitative estimate of drug-likeness (QED) is 0.638. The molecule has 0 saturated heterocycles. The van der Waals surface area contributed by atoms with Crippen LogP contribution in [0.1, 0.15) is 10.4 Å². The summed E-state index contributed by atoms with van der Waals surface area (Å²) in [6.07, 6.45) is 3.05. The van der Waals surface area contributed by atoms with Crippen LogP contribution >= 0.6 is 0 Å². The van der Waals surface area contributed by atoms with E-state index in [0.717, 1.165) is 0 Å². The Kier molecular flexibility index (Phi) is 2.38. The maximum absolute atomic E-state index is 12.0. The van der Waals surface area contributed by atoms with Gasteiger partial charge in [0.25, 0.3) is 0 Å². The lowest BCUT2D eigenvalue weighted by Crippen LogP contribution is -2.18. The Morgan fingerprint density at radius 2 is 2.00 bits per heavy atom. The highest BCUT2D eigenvalue weighted by Crippen LogP contribution is 2.21. The van der Waals surface area contributed by atoms with E-state index in [0.29, 0.717) is 15.8 Å². The van der Waals surface area contributed by atoms with Gasteiger partial charge in [-0.2, -0.15) is 0 Å². The highest BCUT2D eigenvalue weighted by molar-refractivity contribution is 6.03. The van der Waals surface area contributed by atoms with E-state index in [2.05, 4.69) is 9.97 Å². The number of pyridine rings is 1. The van der Waals surface area contributed by atoms with E-state index in [1.807, 2.05) is 0 Å². The second-order valence-corrected chi connectivity index (χ2v) is 3.82. The van der Waals surface area contributed by atoms with Gasteiger partial charge < -0.3 is 20.0 Å². The number of carbonyl (C=O) groups excluding carboxylic acids is 1. The largest absolute Gasteiger partial charge is 0.492 e. The summed E-state index contributed by atoms with van der Waals surface area (Å²) in [5.41, 5.74) is 0.811. The molecule has 3 rings (SSSR count). The maximum atomic E-state index is 12.0. The number of aromatic amines is 1. The third-order valence-electron chi connectivity index (χ3n) is 2.64. The lowest BCUT2D eigenvalue weighted by Gasteiger charge is -2.05. The van der Waals surface area contributed by atoms with Gasteiger partial charge in [0.15, 0.2) is 0 Å². The van der Waals surface area contributed by atoms with Crippen LogP contribution in [0.2, 0.25) is 0 Å². The fourth-order valence-electron chi connectivity index (χ4n) is 1.75. The Morgan fingerprint density at radius 1 is 1.26 bits per heavy atom. The van der Waals surface area contributed by atoms with Crippen molar-refractivity contribution in [3.8, 4) is 11.8 Å². The molecule has 0 radical (unpaired) electrons. The van der Waals surface area contributed by atoms with Crippen LogP contribution in [-0.4, -0.2) is 30.9 Å². The Bertz CT molecular complexity index is 740. The lowest BCUT2D eigenvalue weighted by molar-refractivity contribution is 0.0384. The number of hydrogen-bond donors (Lipinski definition) is 3. The molecule has 0 atom stereocenters. The number of H-pyrrole nitrogens is 1. The standard InChI is InChI=1S/C12H9N3O4/c16-9-3-4-10(17)15(9)19-12(18)8-6-14-11-7(8)2-1-5-13-11/h1-6,16-17H,(H,13,14). The fraction of sp³-hybridized carbons (Fsp3) is 0. The monoisotopic (exact) mass is 259 g/mol. The van der Waals surface area contributed by atoms with Crippen LogP contribution in [0.5, 0.6) is 11.8 Å². The Hall–Kier alpha value is -2.96. The summed E-state index contributed by atoms with van der Waals surface area (Å²) in [6.45, 7) is 0. The van der Waals surface area contributed by atoms with Crippen molar-refractivity contribution in [2.45, 2.75) is 0 Å². The lowest BCUT2D eigenvalue weighted by atomic mass is 10.2. The highest BCUT2D eigenvalue weighted by Gasteiger charge is 2.17. The first-order valence-electron chi connectivity index (χ1n) is 5.41. The fourth-order valence-corrected chi connectivity index (χ4v) is 1.75. The third-order valence-corrected chi connectivity index (χ3v) is 2.64. The van der Waals surface area contributed by atoms with Crippen molar-refractivity contribution in [3.05, 3.63) is 42.2 Å². The van der Waals surface area contributed by atoms with Crippen molar-refractivity contribution in [1.29, 1.82) is 0 Å². The van der Waals surface area contributed by atoms with E-state index >= 15 is 0 Å². The van der Waals surface area contributed by atoms with Gasteiger partial charge >= 0.3 is 5.97 Å². The van der Waals surface area contributed by atoms with Crippen molar-refractivity contribution in [2.24, 2.45) is 0 Å². The Labute approximate surface area is 106 Å². The van der Waals surface area contributed by atoms with E-state index in [1.54, 1.807) is 18.3 Å². The Balaban J connectivity index is 1.97. The van der Waals surface area contributed by atoms with E-state index < -0.39 is 5.97 Å². The topological polar surface area (TPSA) is 100 Å². The van der Waals surface area contributed by atoms with Crippen LogP contribution in [0, 0.1) is 0 Å². The Morgan fingerprint density at radius 3 is 2.74 bits per heavy atom. The van der Waals surface area contributed by atoms with Gasteiger partial charge in [0.2, 0.25) is 11.8 Å². The molecule has 0 aliphatic carbocycles. The zero-order valence-corrected chi connectivity index (χ0v) is 9.57.